The van der Waals surface area contributed by atoms with Crippen molar-refractivity contribution in [3.8, 4) is 0 Å². The van der Waals surface area contributed by atoms with Gasteiger partial charge in [-0.3, -0.25) is 9.69 Å². The van der Waals surface area contributed by atoms with Gasteiger partial charge < -0.3 is 5.11 Å². The van der Waals surface area contributed by atoms with Gasteiger partial charge in [-0.1, -0.05) is 36.8 Å². The van der Waals surface area contributed by atoms with E-state index in [1.54, 1.807) is 0 Å². The number of hydrogen-bond acceptors (Lipinski definition) is 2. The topological polar surface area (TPSA) is 40.5 Å². The van der Waals surface area contributed by atoms with Crippen molar-refractivity contribution in [3.05, 3.63) is 35.4 Å². The maximum atomic E-state index is 11.1. The lowest BCUT2D eigenvalue weighted by Gasteiger charge is -2.41. The first-order valence-corrected chi connectivity index (χ1v) is 7.58. The Bertz CT molecular complexity index is 455. The average Bonchev–Trinajstić information content (AvgIpc) is 2.43. The molecular weight excluding hydrogens is 250 g/mol. The highest BCUT2D eigenvalue weighted by Gasteiger charge is 2.33. The van der Waals surface area contributed by atoms with Gasteiger partial charge >= 0.3 is 5.97 Å². The van der Waals surface area contributed by atoms with Crippen LogP contribution in [-0.4, -0.2) is 28.6 Å². The van der Waals surface area contributed by atoms with Gasteiger partial charge in [-0.15, -0.1) is 0 Å². The van der Waals surface area contributed by atoms with E-state index in [0.29, 0.717) is 12.1 Å². The van der Waals surface area contributed by atoms with Crippen molar-refractivity contribution < 1.29 is 9.90 Å². The van der Waals surface area contributed by atoms with E-state index in [0.717, 1.165) is 25.8 Å². The first-order valence-electron chi connectivity index (χ1n) is 7.58. The molecule has 3 heteroatoms. The fourth-order valence-corrected chi connectivity index (χ4v) is 3.33. The molecule has 1 N–H and O–H groups in total. The molecule has 0 aromatic heterocycles. The standard InChI is InChI=1S/C17H25NO2/c1-4-16(14-7-5-12(2)6-8-14)18-10-9-15(17(19)20)11-13(18)3/h5-8,13,15-16H,4,9-11H2,1-3H3,(H,19,20). The molecular formula is C17H25NO2. The third kappa shape index (κ3) is 3.21. The highest BCUT2D eigenvalue weighted by molar-refractivity contribution is 5.70. The monoisotopic (exact) mass is 275 g/mol. The first kappa shape index (κ1) is 15.0. The van der Waals surface area contributed by atoms with Crippen LogP contribution in [0.5, 0.6) is 0 Å². The van der Waals surface area contributed by atoms with Gasteiger partial charge in [0.1, 0.15) is 0 Å². The molecule has 3 atom stereocenters. The molecule has 0 bridgehead atoms. The van der Waals surface area contributed by atoms with Crippen molar-refractivity contribution in [3.63, 3.8) is 0 Å². The molecule has 1 aromatic carbocycles. The number of nitrogens with zero attached hydrogens (tertiary/aromatic N) is 1. The molecule has 3 unspecified atom stereocenters. The summed E-state index contributed by atoms with van der Waals surface area (Å²) in [6.07, 6.45) is 2.59. The summed E-state index contributed by atoms with van der Waals surface area (Å²) in [4.78, 5) is 13.6. The van der Waals surface area contributed by atoms with Gasteiger partial charge in [0, 0.05) is 12.1 Å². The molecule has 1 heterocycles. The Morgan fingerprint density at radius 2 is 2.05 bits per heavy atom. The molecule has 0 radical (unpaired) electrons. The number of aryl methyl sites for hydroxylation is 1. The van der Waals surface area contributed by atoms with Crippen LogP contribution in [0.1, 0.15) is 50.3 Å². The SMILES string of the molecule is CCC(c1ccc(C)cc1)N1CCC(C(=O)O)CC1C. The minimum atomic E-state index is -0.639. The zero-order chi connectivity index (χ0) is 14.7. The fraction of sp³-hybridized carbons (Fsp3) is 0.588. The van der Waals surface area contributed by atoms with Crippen LogP contribution < -0.4 is 0 Å². The number of benzene rings is 1. The van der Waals surface area contributed by atoms with Crippen molar-refractivity contribution >= 4 is 5.97 Å². The predicted octanol–water partition coefficient (Wildman–Crippen LogP) is 3.63. The highest BCUT2D eigenvalue weighted by atomic mass is 16.4. The number of carbonyl (C=O) groups is 1. The largest absolute Gasteiger partial charge is 0.481 e. The zero-order valence-corrected chi connectivity index (χ0v) is 12.7. The van der Waals surface area contributed by atoms with Crippen LogP contribution in [0, 0.1) is 12.8 Å². The van der Waals surface area contributed by atoms with Gasteiger partial charge in [0.15, 0.2) is 0 Å². The van der Waals surface area contributed by atoms with Crippen molar-refractivity contribution in [2.75, 3.05) is 6.54 Å². The van der Waals surface area contributed by atoms with Gasteiger partial charge in [-0.25, -0.2) is 0 Å². The Kier molecular flexibility index (Phi) is 4.81. The molecule has 1 aliphatic rings. The number of carboxylic acid groups (broad SMARTS) is 1. The molecule has 110 valence electrons. The molecule has 3 nitrogen and oxygen atoms in total. The normalized spacial score (nSPS) is 25.4. The predicted molar refractivity (Wildman–Crippen MR) is 80.7 cm³/mol. The molecule has 1 saturated heterocycles. The number of likely N-dealkylation sites (tertiary alicyclic amines) is 1. The lowest BCUT2D eigenvalue weighted by atomic mass is 9.88. The number of aliphatic carboxylic acids is 1. The Balaban J connectivity index is 2.12. The molecule has 1 aromatic rings. The van der Waals surface area contributed by atoms with E-state index in [1.165, 1.54) is 11.1 Å². The Morgan fingerprint density at radius 1 is 1.40 bits per heavy atom. The summed E-state index contributed by atoms with van der Waals surface area (Å²) in [5.74, 6) is -0.809. The van der Waals surface area contributed by atoms with Crippen LogP contribution in [0.3, 0.4) is 0 Å². The summed E-state index contributed by atoms with van der Waals surface area (Å²) in [7, 11) is 0. The van der Waals surface area contributed by atoms with Gasteiger partial charge in [0.2, 0.25) is 0 Å². The third-order valence-corrected chi connectivity index (χ3v) is 4.53. The summed E-state index contributed by atoms with van der Waals surface area (Å²) in [5.41, 5.74) is 2.62. The second-order valence-corrected chi connectivity index (χ2v) is 5.98. The van der Waals surface area contributed by atoms with E-state index in [2.05, 4.69) is 49.9 Å². The molecule has 1 fully saturated rings. The fourth-order valence-electron chi connectivity index (χ4n) is 3.33. The quantitative estimate of drug-likeness (QED) is 0.912. The Hall–Kier alpha value is -1.35. The van der Waals surface area contributed by atoms with Crippen LogP contribution in [-0.2, 0) is 4.79 Å². The van der Waals surface area contributed by atoms with Gasteiger partial charge in [-0.2, -0.15) is 0 Å². The van der Waals surface area contributed by atoms with Crippen LogP contribution in [0.15, 0.2) is 24.3 Å². The van der Waals surface area contributed by atoms with E-state index < -0.39 is 5.97 Å². The summed E-state index contributed by atoms with van der Waals surface area (Å²) in [6.45, 7) is 7.35. The van der Waals surface area contributed by atoms with Crippen molar-refractivity contribution in [2.24, 2.45) is 5.92 Å². The van der Waals surface area contributed by atoms with Gasteiger partial charge in [0.25, 0.3) is 0 Å². The second kappa shape index (κ2) is 6.40. The summed E-state index contributed by atoms with van der Waals surface area (Å²) >= 11 is 0. The maximum absolute atomic E-state index is 11.1. The minimum Gasteiger partial charge on any atom is -0.481 e. The summed E-state index contributed by atoms with van der Waals surface area (Å²) < 4.78 is 0. The average molecular weight is 275 g/mol. The minimum absolute atomic E-state index is 0.170. The van der Waals surface area contributed by atoms with E-state index >= 15 is 0 Å². The van der Waals surface area contributed by atoms with Crippen molar-refractivity contribution in [1.82, 2.24) is 4.90 Å². The molecule has 1 aliphatic heterocycles. The summed E-state index contributed by atoms with van der Waals surface area (Å²) in [6, 6.07) is 9.47. The Morgan fingerprint density at radius 3 is 2.55 bits per heavy atom. The zero-order valence-electron chi connectivity index (χ0n) is 12.7. The van der Waals surface area contributed by atoms with E-state index in [-0.39, 0.29) is 5.92 Å². The van der Waals surface area contributed by atoms with E-state index in [4.69, 9.17) is 5.11 Å². The highest BCUT2D eigenvalue weighted by Crippen LogP contribution is 2.33. The van der Waals surface area contributed by atoms with Crippen LogP contribution in [0.4, 0.5) is 0 Å². The molecule has 2 rings (SSSR count). The van der Waals surface area contributed by atoms with Gasteiger partial charge in [-0.05, 0) is 45.2 Å². The number of rotatable bonds is 4. The number of piperidine rings is 1. The van der Waals surface area contributed by atoms with Gasteiger partial charge in [0.05, 0.1) is 5.92 Å². The van der Waals surface area contributed by atoms with Crippen LogP contribution in [0.25, 0.3) is 0 Å². The smallest absolute Gasteiger partial charge is 0.306 e. The molecule has 0 aliphatic carbocycles. The lowest BCUT2D eigenvalue weighted by Crippen LogP contribution is -2.44. The van der Waals surface area contributed by atoms with E-state index in [9.17, 15) is 4.79 Å². The van der Waals surface area contributed by atoms with Crippen molar-refractivity contribution in [2.45, 2.75) is 52.1 Å². The lowest BCUT2D eigenvalue weighted by molar-refractivity contribution is -0.144. The number of carboxylic acids is 1. The Labute approximate surface area is 121 Å². The molecule has 0 saturated carbocycles. The van der Waals surface area contributed by atoms with Crippen LogP contribution >= 0.6 is 0 Å². The molecule has 20 heavy (non-hydrogen) atoms. The van der Waals surface area contributed by atoms with E-state index in [1.807, 2.05) is 0 Å². The summed E-state index contributed by atoms with van der Waals surface area (Å²) in [5, 5.41) is 9.17. The maximum Gasteiger partial charge on any atom is 0.306 e. The number of hydrogen-bond donors (Lipinski definition) is 1. The first-order chi connectivity index (χ1) is 9.52. The second-order valence-electron chi connectivity index (χ2n) is 5.98. The third-order valence-electron chi connectivity index (χ3n) is 4.53. The molecule has 0 amide bonds. The van der Waals surface area contributed by atoms with Crippen molar-refractivity contribution in [1.29, 1.82) is 0 Å². The van der Waals surface area contributed by atoms with Crippen LogP contribution in [0.2, 0.25) is 0 Å². The molecule has 0 spiro atoms.